The van der Waals surface area contributed by atoms with Crippen molar-refractivity contribution in [3.63, 3.8) is 0 Å². The van der Waals surface area contributed by atoms with Crippen LogP contribution < -0.4 is 5.73 Å². The zero-order valence-corrected chi connectivity index (χ0v) is 12.3. The summed E-state index contributed by atoms with van der Waals surface area (Å²) in [7, 11) is 0. The minimum absolute atomic E-state index is 0.295. The molecule has 2 saturated heterocycles. The van der Waals surface area contributed by atoms with E-state index in [9.17, 15) is 0 Å². The number of hydrogen-bond acceptors (Lipinski definition) is 3. The van der Waals surface area contributed by atoms with E-state index in [0.29, 0.717) is 11.3 Å². The molecule has 3 rings (SSSR count). The Morgan fingerprint density at radius 2 is 1.95 bits per heavy atom. The van der Waals surface area contributed by atoms with Gasteiger partial charge in [0.25, 0.3) is 0 Å². The van der Waals surface area contributed by atoms with Crippen LogP contribution in [-0.2, 0) is 4.74 Å². The van der Waals surface area contributed by atoms with Gasteiger partial charge in [0.15, 0.2) is 0 Å². The first-order chi connectivity index (χ1) is 9.81. The second kappa shape index (κ2) is 6.25. The van der Waals surface area contributed by atoms with Gasteiger partial charge in [-0.2, -0.15) is 0 Å². The van der Waals surface area contributed by atoms with Crippen molar-refractivity contribution in [1.82, 2.24) is 4.90 Å². The molecule has 2 heterocycles. The van der Waals surface area contributed by atoms with Crippen LogP contribution in [0.4, 0.5) is 0 Å². The van der Waals surface area contributed by atoms with Crippen LogP contribution in [0, 0.1) is 5.41 Å². The fraction of sp³-hybridized carbons (Fsp3) is 0.647. The third-order valence-corrected chi connectivity index (χ3v) is 5.09. The molecule has 0 radical (unpaired) electrons. The van der Waals surface area contributed by atoms with Crippen LogP contribution in [0.2, 0.25) is 0 Å². The van der Waals surface area contributed by atoms with Gasteiger partial charge in [-0.15, -0.1) is 0 Å². The summed E-state index contributed by atoms with van der Waals surface area (Å²) in [5.74, 6) is 0.700. The molecule has 1 aromatic rings. The summed E-state index contributed by atoms with van der Waals surface area (Å²) in [6, 6.07) is 10.9. The minimum atomic E-state index is 0.295. The zero-order valence-electron chi connectivity index (χ0n) is 12.3. The zero-order chi connectivity index (χ0) is 13.8. The molecule has 3 nitrogen and oxygen atoms in total. The van der Waals surface area contributed by atoms with Gasteiger partial charge in [-0.3, -0.25) is 0 Å². The molecule has 3 heteroatoms. The summed E-state index contributed by atoms with van der Waals surface area (Å²) < 4.78 is 5.51. The highest BCUT2D eigenvalue weighted by Gasteiger charge is 2.35. The lowest BCUT2D eigenvalue weighted by atomic mass is 9.80. The minimum Gasteiger partial charge on any atom is -0.381 e. The molecule has 0 spiro atoms. The van der Waals surface area contributed by atoms with Crippen molar-refractivity contribution in [3.05, 3.63) is 35.9 Å². The van der Waals surface area contributed by atoms with Gasteiger partial charge in [0, 0.05) is 26.3 Å². The highest BCUT2D eigenvalue weighted by atomic mass is 16.5. The summed E-state index contributed by atoms with van der Waals surface area (Å²) in [4.78, 5) is 2.62. The van der Waals surface area contributed by atoms with Crippen molar-refractivity contribution < 1.29 is 4.74 Å². The number of nitrogens with two attached hydrogens (primary N) is 1. The van der Waals surface area contributed by atoms with Crippen LogP contribution >= 0.6 is 0 Å². The van der Waals surface area contributed by atoms with Gasteiger partial charge in [0.2, 0.25) is 0 Å². The molecule has 0 amide bonds. The van der Waals surface area contributed by atoms with Gasteiger partial charge < -0.3 is 15.4 Å². The molecule has 0 aliphatic carbocycles. The quantitative estimate of drug-likeness (QED) is 0.915. The van der Waals surface area contributed by atoms with Crippen molar-refractivity contribution in [2.24, 2.45) is 11.1 Å². The molecule has 0 aromatic heterocycles. The summed E-state index contributed by atoms with van der Waals surface area (Å²) >= 11 is 0. The average molecular weight is 274 g/mol. The Morgan fingerprint density at radius 3 is 2.65 bits per heavy atom. The fourth-order valence-electron chi connectivity index (χ4n) is 3.68. The summed E-state index contributed by atoms with van der Waals surface area (Å²) in [5.41, 5.74) is 7.86. The van der Waals surface area contributed by atoms with E-state index in [2.05, 4.69) is 35.2 Å². The molecule has 0 saturated carbocycles. The third-order valence-electron chi connectivity index (χ3n) is 5.09. The molecule has 1 unspecified atom stereocenters. The normalized spacial score (nSPS) is 26.8. The predicted molar refractivity (Wildman–Crippen MR) is 81.8 cm³/mol. The van der Waals surface area contributed by atoms with Gasteiger partial charge in [-0.25, -0.2) is 0 Å². The Labute approximate surface area is 122 Å². The van der Waals surface area contributed by atoms with Crippen LogP contribution in [0.5, 0.6) is 0 Å². The Kier molecular flexibility index (Phi) is 4.39. The molecule has 2 aliphatic rings. The topological polar surface area (TPSA) is 38.5 Å². The largest absolute Gasteiger partial charge is 0.381 e. The van der Waals surface area contributed by atoms with Gasteiger partial charge in [0.05, 0.1) is 0 Å². The SMILES string of the molecule is NCC1(CN2CCC(c3ccccc3)C2)CCOCC1. The Hall–Kier alpha value is -0.900. The van der Waals surface area contributed by atoms with Crippen LogP contribution in [-0.4, -0.2) is 44.3 Å². The first-order valence-corrected chi connectivity index (χ1v) is 7.86. The van der Waals surface area contributed by atoms with Gasteiger partial charge in [0.1, 0.15) is 0 Å². The monoisotopic (exact) mass is 274 g/mol. The standard InChI is InChI=1S/C17H26N2O/c18-13-17(7-10-20-11-8-17)14-19-9-6-16(12-19)15-4-2-1-3-5-15/h1-5,16H,6-14,18H2. The molecular formula is C17H26N2O. The number of benzene rings is 1. The fourth-order valence-corrected chi connectivity index (χ4v) is 3.68. The van der Waals surface area contributed by atoms with E-state index in [1.54, 1.807) is 0 Å². The maximum Gasteiger partial charge on any atom is 0.0472 e. The Balaban J connectivity index is 1.60. The third kappa shape index (κ3) is 3.05. The van der Waals surface area contributed by atoms with Crippen molar-refractivity contribution in [1.29, 1.82) is 0 Å². The predicted octanol–water partition coefficient (Wildman–Crippen LogP) is 2.23. The van der Waals surface area contributed by atoms with Crippen molar-refractivity contribution >= 4 is 0 Å². The van der Waals surface area contributed by atoms with Crippen LogP contribution in [0.1, 0.15) is 30.7 Å². The van der Waals surface area contributed by atoms with E-state index in [1.807, 2.05) is 0 Å². The molecular weight excluding hydrogens is 248 g/mol. The van der Waals surface area contributed by atoms with Gasteiger partial charge in [-0.05, 0) is 49.2 Å². The van der Waals surface area contributed by atoms with Crippen molar-refractivity contribution in [2.45, 2.75) is 25.2 Å². The lowest BCUT2D eigenvalue weighted by Gasteiger charge is -2.39. The van der Waals surface area contributed by atoms with E-state index < -0.39 is 0 Å². The smallest absolute Gasteiger partial charge is 0.0472 e. The molecule has 0 bridgehead atoms. The number of hydrogen-bond donors (Lipinski definition) is 1. The first kappa shape index (κ1) is 14.1. The lowest BCUT2D eigenvalue weighted by Crippen LogP contribution is -2.45. The molecule has 1 atom stereocenters. The van der Waals surface area contributed by atoms with Crippen molar-refractivity contribution in [2.75, 3.05) is 39.4 Å². The summed E-state index contributed by atoms with van der Waals surface area (Å²) in [6.07, 6.45) is 3.52. The molecule has 2 aliphatic heterocycles. The van der Waals surface area contributed by atoms with E-state index in [-0.39, 0.29) is 0 Å². The van der Waals surface area contributed by atoms with Gasteiger partial charge >= 0.3 is 0 Å². The van der Waals surface area contributed by atoms with Crippen LogP contribution in [0.25, 0.3) is 0 Å². The lowest BCUT2D eigenvalue weighted by molar-refractivity contribution is 0.00319. The maximum absolute atomic E-state index is 6.08. The van der Waals surface area contributed by atoms with E-state index >= 15 is 0 Å². The van der Waals surface area contributed by atoms with Crippen LogP contribution in [0.3, 0.4) is 0 Å². The molecule has 2 N–H and O–H groups in total. The second-order valence-corrected chi connectivity index (χ2v) is 6.45. The number of nitrogens with zero attached hydrogens (tertiary/aromatic N) is 1. The Morgan fingerprint density at radius 1 is 1.20 bits per heavy atom. The first-order valence-electron chi connectivity index (χ1n) is 7.86. The van der Waals surface area contributed by atoms with Crippen LogP contribution in [0.15, 0.2) is 30.3 Å². The van der Waals surface area contributed by atoms with E-state index in [1.165, 1.54) is 25.1 Å². The highest BCUT2D eigenvalue weighted by molar-refractivity contribution is 5.21. The second-order valence-electron chi connectivity index (χ2n) is 6.45. The summed E-state index contributed by atoms with van der Waals surface area (Å²) in [6.45, 7) is 6.11. The summed E-state index contributed by atoms with van der Waals surface area (Å²) in [5, 5.41) is 0. The molecule has 2 fully saturated rings. The number of likely N-dealkylation sites (tertiary alicyclic amines) is 1. The van der Waals surface area contributed by atoms with E-state index in [0.717, 1.165) is 39.1 Å². The average Bonchev–Trinajstić information content (AvgIpc) is 2.97. The Bertz CT molecular complexity index is 414. The number of ether oxygens (including phenoxy) is 1. The van der Waals surface area contributed by atoms with Gasteiger partial charge in [-0.1, -0.05) is 30.3 Å². The number of rotatable bonds is 4. The van der Waals surface area contributed by atoms with Crippen molar-refractivity contribution in [3.8, 4) is 0 Å². The maximum atomic E-state index is 6.08. The highest BCUT2D eigenvalue weighted by Crippen LogP contribution is 2.34. The van der Waals surface area contributed by atoms with E-state index in [4.69, 9.17) is 10.5 Å². The molecule has 20 heavy (non-hydrogen) atoms. The molecule has 1 aromatic carbocycles. The molecule has 110 valence electrons.